The molecule has 1 aromatic rings. The summed E-state index contributed by atoms with van der Waals surface area (Å²) in [6, 6.07) is 7.45. The van der Waals surface area contributed by atoms with Crippen LogP contribution in [0.1, 0.15) is 32.8 Å². The van der Waals surface area contributed by atoms with E-state index in [9.17, 15) is 4.79 Å². The number of benzene rings is 1. The van der Waals surface area contributed by atoms with Gasteiger partial charge in [0.2, 0.25) is 0 Å². The summed E-state index contributed by atoms with van der Waals surface area (Å²) in [4.78, 5) is 11.8. The molecule has 2 rings (SSSR count). The summed E-state index contributed by atoms with van der Waals surface area (Å²) in [5.74, 6) is 0.199. The molecule has 0 spiro atoms. The molecule has 0 bridgehead atoms. The van der Waals surface area contributed by atoms with Crippen molar-refractivity contribution < 1.29 is 4.79 Å². The molecule has 3 nitrogen and oxygen atoms in total. The molecule has 1 aromatic carbocycles. The fraction of sp³-hybridized carbons (Fsp3) is 0.429. The van der Waals surface area contributed by atoms with Gasteiger partial charge in [-0.15, -0.1) is 0 Å². The summed E-state index contributed by atoms with van der Waals surface area (Å²) in [5, 5.41) is 7.13. The number of Topliss-reactive ketones (excluding diaryl/α,β-unsaturated/α-hetero) is 1. The number of carbonyl (C=O) groups is 1. The molecule has 1 aliphatic heterocycles. The molecule has 0 radical (unpaired) electrons. The van der Waals surface area contributed by atoms with Crippen molar-refractivity contribution in [3.8, 4) is 0 Å². The van der Waals surface area contributed by atoms with Gasteiger partial charge in [0.05, 0.1) is 24.2 Å². The third-order valence-corrected chi connectivity index (χ3v) is 3.14. The van der Waals surface area contributed by atoms with E-state index in [1.807, 2.05) is 29.3 Å². The zero-order valence-electron chi connectivity index (χ0n) is 10.9. The number of hydrogen-bond donors (Lipinski definition) is 0. The lowest BCUT2D eigenvalue weighted by atomic mass is 10.0. The maximum absolute atomic E-state index is 11.8. The Bertz CT molecular complexity index is 486. The zero-order valence-corrected chi connectivity index (χ0v) is 11.7. The van der Waals surface area contributed by atoms with E-state index in [1.54, 1.807) is 0 Å². The first-order valence-corrected chi connectivity index (χ1v) is 6.37. The van der Waals surface area contributed by atoms with E-state index in [0.29, 0.717) is 18.0 Å². The monoisotopic (exact) mass is 264 g/mol. The Kier molecular flexibility index (Phi) is 3.44. The standard InChI is InChI=1S/C14H17ClN2O/c1-14(2,3)17-9-12(18)8-13(16-17)10-4-6-11(15)7-5-10/h4-7H,8-9H2,1-3H3. The lowest BCUT2D eigenvalue weighted by molar-refractivity contribution is -0.121. The number of carbonyl (C=O) groups excluding carboxylic acids is 1. The topological polar surface area (TPSA) is 32.7 Å². The van der Waals surface area contributed by atoms with Crippen molar-refractivity contribution >= 4 is 23.1 Å². The predicted octanol–water partition coefficient (Wildman–Crippen LogP) is 3.12. The lowest BCUT2D eigenvalue weighted by Gasteiger charge is -2.35. The number of hydrogen-bond acceptors (Lipinski definition) is 3. The highest BCUT2D eigenvalue weighted by Gasteiger charge is 2.27. The summed E-state index contributed by atoms with van der Waals surface area (Å²) >= 11 is 5.86. The van der Waals surface area contributed by atoms with Crippen molar-refractivity contribution in [2.24, 2.45) is 5.10 Å². The molecule has 0 saturated carbocycles. The number of rotatable bonds is 1. The Labute approximate surface area is 112 Å². The molecule has 0 aromatic heterocycles. The highest BCUT2D eigenvalue weighted by Crippen LogP contribution is 2.21. The molecule has 96 valence electrons. The second-order valence-corrected chi connectivity index (χ2v) is 5.93. The van der Waals surface area contributed by atoms with Crippen LogP contribution in [0.2, 0.25) is 5.02 Å². The number of nitrogens with zero attached hydrogens (tertiary/aromatic N) is 2. The van der Waals surface area contributed by atoms with E-state index in [4.69, 9.17) is 11.6 Å². The Morgan fingerprint density at radius 1 is 1.22 bits per heavy atom. The molecule has 0 amide bonds. The van der Waals surface area contributed by atoms with Crippen LogP contribution in [0.25, 0.3) is 0 Å². The minimum Gasteiger partial charge on any atom is -0.297 e. The molecule has 0 unspecified atom stereocenters. The Balaban J connectivity index is 2.34. The summed E-state index contributed by atoms with van der Waals surface area (Å²) in [6.45, 7) is 6.54. The van der Waals surface area contributed by atoms with Gasteiger partial charge in [-0.1, -0.05) is 23.7 Å². The average Bonchev–Trinajstić information content (AvgIpc) is 2.28. The van der Waals surface area contributed by atoms with Crippen molar-refractivity contribution in [3.05, 3.63) is 34.9 Å². The average molecular weight is 265 g/mol. The third kappa shape index (κ3) is 2.91. The molecule has 1 heterocycles. The lowest BCUT2D eigenvalue weighted by Crippen LogP contribution is -2.44. The van der Waals surface area contributed by atoms with Crippen LogP contribution in [0.3, 0.4) is 0 Å². The molecule has 4 heteroatoms. The van der Waals surface area contributed by atoms with Crippen molar-refractivity contribution in [2.75, 3.05) is 6.54 Å². The van der Waals surface area contributed by atoms with Crippen LogP contribution in [-0.2, 0) is 4.79 Å². The first kappa shape index (κ1) is 13.1. The minimum atomic E-state index is -0.145. The van der Waals surface area contributed by atoms with Crippen LogP contribution >= 0.6 is 11.6 Å². The maximum atomic E-state index is 11.8. The second-order valence-electron chi connectivity index (χ2n) is 5.50. The van der Waals surface area contributed by atoms with E-state index in [1.165, 1.54) is 0 Å². The van der Waals surface area contributed by atoms with Gasteiger partial charge in [-0.05, 0) is 38.5 Å². The summed E-state index contributed by atoms with van der Waals surface area (Å²) < 4.78 is 0. The van der Waals surface area contributed by atoms with Crippen LogP contribution in [0.15, 0.2) is 29.4 Å². The maximum Gasteiger partial charge on any atom is 0.159 e. The first-order chi connectivity index (χ1) is 8.36. The van der Waals surface area contributed by atoms with Crippen molar-refractivity contribution in [1.29, 1.82) is 0 Å². The Morgan fingerprint density at radius 3 is 2.39 bits per heavy atom. The van der Waals surface area contributed by atoms with E-state index in [-0.39, 0.29) is 11.3 Å². The smallest absolute Gasteiger partial charge is 0.159 e. The van der Waals surface area contributed by atoms with Gasteiger partial charge in [0.1, 0.15) is 0 Å². The molecule has 18 heavy (non-hydrogen) atoms. The van der Waals surface area contributed by atoms with Gasteiger partial charge in [0.25, 0.3) is 0 Å². The molecule has 0 N–H and O–H groups in total. The van der Waals surface area contributed by atoms with Gasteiger partial charge in [-0.3, -0.25) is 9.80 Å². The third-order valence-electron chi connectivity index (χ3n) is 2.88. The molecule has 1 aliphatic rings. The van der Waals surface area contributed by atoms with E-state index >= 15 is 0 Å². The normalized spacial score (nSPS) is 16.8. The van der Waals surface area contributed by atoms with Gasteiger partial charge in [0.15, 0.2) is 5.78 Å². The van der Waals surface area contributed by atoms with Crippen molar-refractivity contribution in [2.45, 2.75) is 32.7 Å². The number of ketones is 1. The fourth-order valence-electron chi connectivity index (χ4n) is 1.82. The van der Waals surface area contributed by atoms with E-state index in [2.05, 4.69) is 25.9 Å². The van der Waals surface area contributed by atoms with Crippen LogP contribution in [-0.4, -0.2) is 28.6 Å². The summed E-state index contributed by atoms with van der Waals surface area (Å²) in [7, 11) is 0. The van der Waals surface area contributed by atoms with Crippen LogP contribution in [0, 0.1) is 0 Å². The minimum absolute atomic E-state index is 0.145. The molecule has 0 aliphatic carbocycles. The van der Waals surface area contributed by atoms with E-state index < -0.39 is 0 Å². The molecule has 0 atom stereocenters. The Hall–Kier alpha value is -1.35. The summed E-state index contributed by atoms with van der Waals surface area (Å²) in [6.07, 6.45) is 0.397. The number of halogens is 1. The van der Waals surface area contributed by atoms with Crippen LogP contribution in [0.4, 0.5) is 0 Å². The van der Waals surface area contributed by atoms with Crippen molar-refractivity contribution in [3.63, 3.8) is 0 Å². The molecular formula is C14H17ClN2O. The fourth-order valence-corrected chi connectivity index (χ4v) is 1.94. The van der Waals surface area contributed by atoms with Crippen molar-refractivity contribution in [1.82, 2.24) is 5.01 Å². The zero-order chi connectivity index (χ0) is 13.3. The van der Waals surface area contributed by atoms with E-state index in [0.717, 1.165) is 11.3 Å². The molecule has 0 fully saturated rings. The molecule has 0 saturated heterocycles. The van der Waals surface area contributed by atoms with Gasteiger partial charge < -0.3 is 0 Å². The highest BCUT2D eigenvalue weighted by atomic mass is 35.5. The van der Waals surface area contributed by atoms with Gasteiger partial charge in [-0.2, -0.15) is 5.10 Å². The molecular weight excluding hydrogens is 248 g/mol. The quantitative estimate of drug-likeness (QED) is 0.781. The first-order valence-electron chi connectivity index (χ1n) is 5.99. The van der Waals surface area contributed by atoms with Gasteiger partial charge in [0, 0.05) is 5.02 Å². The Morgan fingerprint density at radius 2 is 1.83 bits per heavy atom. The largest absolute Gasteiger partial charge is 0.297 e. The number of hydrazone groups is 1. The van der Waals surface area contributed by atoms with Crippen LogP contribution in [0.5, 0.6) is 0 Å². The summed E-state index contributed by atoms with van der Waals surface area (Å²) in [5.41, 5.74) is 1.63. The van der Waals surface area contributed by atoms with Gasteiger partial charge >= 0.3 is 0 Å². The van der Waals surface area contributed by atoms with Crippen LogP contribution < -0.4 is 0 Å². The highest BCUT2D eigenvalue weighted by molar-refractivity contribution is 6.30. The predicted molar refractivity (Wildman–Crippen MR) is 74.1 cm³/mol. The SMILES string of the molecule is CC(C)(C)N1CC(=O)CC(c2ccc(Cl)cc2)=N1. The second kappa shape index (κ2) is 4.73. The van der Waals surface area contributed by atoms with Gasteiger partial charge in [-0.25, -0.2) is 0 Å².